The third-order valence-corrected chi connectivity index (χ3v) is 5.34. The molecular formula is C15H22N4OS. The molecule has 0 amide bonds. The van der Waals surface area contributed by atoms with Gasteiger partial charge < -0.3 is 15.5 Å². The van der Waals surface area contributed by atoms with Crippen molar-refractivity contribution in [2.75, 3.05) is 37.3 Å². The number of rotatable bonds is 3. The normalized spacial score (nSPS) is 20.1. The number of thiophene rings is 1. The molecule has 1 aromatic rings. The summed E-state index contributed by atoms with van der Waals surface area (Å²) < 4.78 is 0. The van der Waals surface area contributed by atoms with E-state index in [0.717, 1.165) is 37.5 Å². The van der Waals surface area contributed by atoms with Crippen molar-refractivity contribution in [2.24, 2.45) is 0 Å². The van der Waals surface area contributed by atoms with Crippen molar-refractivity contribution in [3.8, 4) is 6.07 Å². The lowest BCUT2D eigenvalue weighted by molar-refractivity contribution is 0.102. The molecule has 2 heterocycles. The van der Waals surface area contributed by atoms with Gasteiger partial charge in [0.25, 0.3) is 0 Å². The number of hydrogen-bond donors (Lipinski definition) is 1. The van der Waals surface area contributed by atoms with Crippen LogP contribution < -0.4 is 10.6 Å². The first-order valence-corrected chi connectivity index (χ1v) is 8.09. The van der Waals surface area contributed by atoms with Crippen molar-refractivity contribution < 1.29 is 4.79 Å². The summed E-state index contributed by atoms with van der Waals surface area (Å²) in [6.45, 7) is 6.57. The summed E-state index contributed by atoms with van der Waals surface area (Å²) in [7, 11) is 2.13. The second-order valence-corrected chi connectivity index (χ2v) is 6.56. The summed E-state index contributed by atoms with van der Waals surface area (Å²) >= 11 is 1.37. The number of Topliss-reactive ketones (excluding diaryl/α,β-unsaturated/α-hetero) is 1. The zero-order chi connectivity index (χ0) is 15.6. The minimum absolute atomic E-state index is 0.0692. The SMILES string of the molecule is CCC1CN(C)CCCN1c1sc(C(C)=O)c(N)c1C#N. The number of anilines is 2. The highest BCUT2D eigenvalue weighted by Gasteiger charge is 2.28. The zero-order valence-electron chi connectivity index (χ0n) is 12.8. The van der Waals surface area contributed by atoms with Gasteiger partial charge in [-0.25, -0.2) is 0 Å². The number of hydrogen-bond acceptors (Lipinski definition) is 6. The van der Waals surface area contributed by atoms with Gasteiger partial charge in [0, 0.05) is 26.1 Å². The van der Waals surface area contributed by atoms with E-state index in [2.05, 4.69) is 29.8 Å². The van der Waals surface area contributed by atoms with Crippen LogP contribution in [0.2, 0.25) is 0 Å². The predicted molar refractivity (Wildman–Crippen MR) is 87.0 cm³/mol. The molecule has 2 N–H and O–H groups in total. The van der Waals surface area contributed by atoms with Gasteiger partial charge in [-0.05, 0) is 26.4 Å². The Kier molecular flexibility index (Phi) is 4.86. The Morgan fingerprint density at radius 3 is 2.81 bits per heavy atom. The number of carbonyl (C=O) groups is 1. The maximum atomic E-state index is 11.7. The van der Waals surface area contributed by atoms with Gasteiger partial charge in [0.15, 0.2) is 5.78 Å². The van der Waals surface area contributed by atoms with Crippen LogP contribution in [0, 0.1) is 11.3 Å². The van der Waals surface area contributed by atoms with Gasteiger partial charge in [-0.15, -0.1) is 11.3 Å². The van der Waals surface area contributed by atoms with E-state index >= 15 is 0 Å². The third-order valence-electron chi connectivity index (χ3n) is 3.99. The first kappa shape index (κ1) is 15.8. The number of ketones is 1. The molecule has 1 atom stereocenters. The Morgan fingerprint density at radius 2 is 2.24 bits per heavy atom. The summed E-state index contributed by atoms with van der Waals surface area (Å²) in [4.78, 5) is 16.8. The summed E-state index contributed by atoms with van der Waals surface area (Å²) in [6, 6.07) is 2.54. The Hall–Kier alpha value is -1.58. The van der Waals surface area contributed by atoms with Crippen LogP contribution in [-0.4, -0.2) is 43.4 Å². The summed E-state index contributed by atoms with van der Waals surface area (Å²) in [5, 5.41) is 10.3. The molecular weight excluding hydrogens is 284 g/mol. The lowest BCUT2D eigenvalue weighted by atomic mass is 10.1. The fraction of sp³-hybridized carbons (Fsp3) is 0.600. The molecule has 0 radical (unpaired) electrons. The maximum absolute atomic E-state index is 11.7. The molecule has 21 heavy (non-hydrogen) atoms. The van der Waals surface area contributed by atoms with Crippen LogP contribution in [-0.2, 0) is 0 Å². The van der Waals surface area contributed by atoms with Gasteiger partial charge in [-0.3, -0.25) is 4.79 Å². The fourth-order valence-electron chi connectivity index (χ4n) is 2.86. The van der Waals surface area contributed by atoms with Gasteiger partial charge in [0.05, 0.1) is 10.6 Å². The van der Waals surface area contributed by atoms with E-state index < -0.39 is 0 Å². The van der Waals surface area contributed by atoms with Gasteiger partial charge in [-0.1, -0.05) is 6.92 Å². The molecule has 0 aromatic carbocycles. The van der Waals surface area contributed by atoms with Crippen LogP contribution in [0.25, 0.3) is 0 Å². The Morgan fingerprint density at radius 1 is 1.52 bits per heavy atom. The van der Waals surface area contributed by atoms with Crippen LogP contribution in [0.4, 0.5) is 10.7 Å². The van der Waals surface area contributed by atoms with Crippen LogP contribution in [0.5, 0.6) is 0 Å². The standard InChI is InChI=1S/C15H22N4OS/c1-4-11-9-18(3)6-5-7-19(11)15-12(8-16)13(17)14(21-15)10(2)20/h11H,4-7,9,17H2,1-3H3. The number of nitriles is 1. The van der Waals surface area contributed by atoms with E-state index in [1.165, 1.54) is 18.3 Å². The topological polar surface area (TPSA) is 73.4 Å². The van der Waals surface area contributed by atoms with E-state index in [0.29, 0.717) is 22.2 Å². The lowest BCUT2D eigenvalue weighted by Gasteiger charge is -2.31. The zero-order valence-corrected chi connectivity index (χ0v) is 13.7. The van der Waals surface area contributed by atoms with Gasteiger partial charge in [0.1, 0.15) is 16.6 Å². The van der Waals surface area contributed by atoms with E-state index in [9.17, 15) is 10.1 Å². The number of nitrogen functional groups attached to an aromatic ring is 1. The van der Waals surface area contributed by atoms with Crippen molar-refractivity contribution in [2.45, 2.75) is 32.7 Å². The summed E-state index contributed by atoms with van der Waals surface area (Å²) in [5.41, 5.74) is 6.82. The van der Waals surface area contributed by atoms with Crippen LogP contribution >= 0.6 is 11.3 Å². The molecule has 1 aliphatic rings. The average Bonchev–Trinajstić information content (AvgIpc) is 2.65. The van der Waals surface area contributed by atoms with Crippen LogP contribution in [0.15, 0.2) is 0 Å². The van der Waals surface area contributed by atoms with Crippen molar-refractivity contribution in [1.29, 1.82) is 5.26 Å². The first-order chi connectivity index (χ1) is 9.99. The number of nitrogens with two attached hydrogens (primary N) is 1. The van der Waals surface area contributed by atoms with Gasteiger partial charge in [0.2, 0.25) is 0 Å². The third kappa shape index (κ3) is 3.04. The van der Waals surface area contributed by atoms with Crippen molar-refractivity contribution in [3.63, 3.8) is 0 Å². The molecule has 114 valence electrons. The molecule has 5 nitrogen and oxygen atoms in total. The minimum Gasteiger partial charge on any atom is -0.396 e. The molecule has 1 aromatic heterocycles. The summed E-state index contributed by atoms with van der Waals surface area (Å²) in [6.07, 6.45) is 2.05. The molecule has 0 aliphatic carbocycles. The van der Waals surface area contributed by atoms with Gasteiger partial charge in [-0.2, -0.15) is 5.26 Å². The molecule has 1 unspecified atom stereocenters. The molecule has 2 rings (SSSR count). The largest absolute Gasteiger partial charge is 0.396 e. The Bertz CT molecular complexity index is 575. The molecule has 0 spiro atoms. The highest BCUT2D eigenvalue weighted by atomic mass is 32.1. The predicted octanol–water partition coefficient (Wildman–Crippen LogP) is 2.33. The summed E-state index contributed by atoms with van der Waals surface area (Å²) in [5.74, 6) is -0.0692. The quantitative estimate of drug-likeness (QED) is 0.868. The smallest absolute Gasteiger partial charge is 0.171 e. The van der Waals surface area contributed by atoms with E-state index in [4.69, 9.17) is 5.73 Å². The van der Waals surface area contributed by atoms with E-state index in [1.54, 1.807) is 0 Å². The Balaban J connectivity index is 2.46. The number of likely N-dealkylation sites (N-methyl/N-ethyl adjacent to an activating group) is 1. The van der Waals surface area contributed by atoms with E-state index in [1.807, 2.05) is 0 Å². The van der Waals surface area contributed by atoms with E-state index in [-0.39, 0.29) is 5.78 Å². The molecule has 6 heteroatoms. The Labute approximate surface area is 129 Å². The monoisotopic (exact) mass is 306 g/mol. The van der Waals surface area contributed by atoms with Crippen molar-refractivity contribution in [1.82, 2.24) is 4.90 Å². The molecule has 1 aliphatic heterocycles. The highest BCUT2D eigenvalue weighted by molar-refractivity contribution is 7.19. The van der Waals surface area contributed by atoms with Crippen LogP contribution in [0.3, 0.4) is 0 Å². The van der Waals surface area contributed by atoms with Gasteiger partial charge >= 0.3 is 0 Å². The molecule has 1 fully saturated rings. The second-order valence-electron chi connectivity index (χ2n) is 5.56. The average molecular weight is 306 g/mol. The fourth-order valence-corrected chi connectivity index (χ4v) is 4.03. The molecule has 0 saturated carbocycles. The van der Waals surface area contributed by atoms with Crippen molar-refractivity contribution >= 4 is 27.8 Å². The number of nitrogens with zero attached hydrogens (tertiary/aromatic N) is 3. The first-order valence-electron chi connectivity index (χ1n) is 7.28. The second kappa shape index (κ2) is 6.46. The van der Waals surface area contributed by atoms with Crippen molar-refractivity contribution in [3.05, 3.63) is 10.4 Å². The molecule has 1 saturated heterocycles. The maximum Gasteiger partial charge on any atom is 0.171 e. The highest BCUT2D eigenvalue weighted by Crippen LogP contribution is 2.39. The number of carbonyl (C=O) groups excluding carboxylic acids is 1. The lowest BCUT2D eigenvalue weighted by Crippen LogP contribution is -2.39. The van der Waals surface area contributed by atoms with Crippen LogP contribution in [0.1, 0.15) is 41.9 Å². The molecule has 0 bridgehead atoms. The minimum atomic E-state index is -0.0692.